The van der Waals surface area contributed by atoms with Crippen LogP contribution in [0.15, 0.2) is 34.7 Å². The summed E-state index contributed by atoms with van der Waals surface area (Å²) in [5, 5.41) is 13.1. The van der Waals surface area contributed by atoms with Gasteiger partial charge in [-0.2, -0.15) is 0 Å². The molecule has 140 valence electrons. The second-order valence-electron chi connectivity index (χ2n) is 5.66. The van der Waals surface area contributed by atoms with Crippen molar-refractivity contribution in [1.29, 1.82) is 0 Å². The van der Waals surface area contributed by atoms with Crippen LogP contribution in [0.2, 0.25) is 0 Å². The predicted molar refractivity (Wildman–Crippen MR) is 103 cm³/mol. The van der Waals surface area contributed by atoms with Gasteiger partial charge >= 0.3 is 11.9 Å². The fourth-order valence-electron chi connectivity index (χ4n) is 3.01. The second kappa shape index (κ2) is 7.98. The Hall–Kier alpha value is -2.23. The third-order valence-corrected chi connectivity index (χ3v) is 5.11. The Kier molecular flexibility index (Phi) is 6.17. The highest BCUT2D eigenvalue weighted by Gasteiger charge is 2.38. The number of benzene rings is 1. The molecule has 0 aromatic heterocycles. The lowest BCUT2D eigenvalue weighted by Gasteiger charge is -2.30. The fourth-order valence-corrected chi connectivity index (χ4v) is 3.77. The van der Waals surface area contributed by atoms with E-state index in [1.54, 1.807) is 19.9 Å². The number of hydrogen-bond donors (Lipinski definition) is 2. The van der Waals surface area contributed by atoms with Crippen molar-refractivity contribution in [2.24, 2.45) is 0 Å². The number of carbonyl (C=O) groups excluding carboxylic acids is 2. The number of hydrogen-bond acceptors (Lipinski definition) is 7. The molecule has 0 spiro atoms. The van der Waals surface area contributed by atoms with E-state index in [1.807, 2.05) is 22.6 Å². The third kappa shape index (κ3) is 3.50. The van der Waals surface area contributed by atoms with Crippen molar-refractivity contribution in [3.8, 4) is 11.5 Å². The normalized spacial score (nSPS) is 14.8. The molecule has 0 amide bonds. The zero-order valence-corrected chi connectivity index (χ0v) is 17.3. The quantitative estimate of drug-likeness (QED) is 0.513. The smallest absolute Gasteiger partial charge is 0.336 e. The summed E-state index contributed by atoms with van der Waals surface area (Å²) in [4.78, 5) is 25.0. The van der Waals surface area contributed by atoms with Crippen molar-refractivity contribution in [2.45, 2.75) is 19.8 Å². The molecular formula is C18H20INO6. The van der Waals surface area contributed by atoms with Gasteiger partial charge in [-0.15, -0.1) is 0 Å². The number of methoxy groups -OCH3 is 3. The van der Waals surface area contributed by atoms with E-state index in [0.29, 0.717) is 31.7 Å². The molecule has 0 saturated heterocycles. The molecule has 2 N–H and O–H groups in total. The Balaban J connectivity index is 2.81. The van der Waals surface area contributed by atoms with Gasteiger partial charge in [-0.05, 0) is 54.1 Å². The first-order valence-corrected chi connectivity index (χ1v) is 8.76. The molecule has 1 aromatic carbocycles. The summed E-state index contributed by atoms with van der Waals surface area (Å²) in [7, 11) is 3.99. The van der Waals surface area contributed by atoms with Gasteiger partial charge in [-0.25, -0.2) is 9.59 Å². The van der Waals surface area contributed by atoms with Crippen molar-refractivity contribution in [1.82, 2.24) is 5.32 Å². The lowest BCUT2D eigenvalue weighted by atomic mass is 9.80. The molecule has 1 aliphatic heterocycles. The van der Waals surface area contributed by atoms with Gasteiger partial charge in [0.05, 0.1) is 38.4 Å². The number of halogens is 1. The number of phenols is 1. The second-order valence-corrected chi connectivity index (χ2v) is 6.83. The van der Waals surface area contributed by atoms with Crippen LogP contribution in [0.1, 0.15) is 25.3 Å². The van der Waals surface area contributed by atoms with Crippen LogP contribution in [0.25, 0.3) is 0 Å². The van der Waals surface area contributed by atoms with E-state index in [4.69, 9.17) is 14.2 Å². The molecule has 1 aromatic rings. The number of dihydropyridines is 1. The average Bonchev–Trinajstić information content (AvgIpc) is 2.60. The molecule has 0 saturated carbocycles. The van der Waals surface area contributed by atoms with Crippen LogP contribution in [0.4, 0.5) is 0 Å². The molecule has 0 unspecified atom stereocenters. The van der Waals surface area contributed by atoms with Gasteiger partial charge in [0.15, 0.2) is 11.5 Å². The maximum atomic E-state index is 12.5. The minimum absolute atomic E-state index is 0.0322. The van der Waals surface area contributed by atoms with E-state index in [-0.39, 0.29) is 11.5 Å². The largest absolute Gasteiger partial charge is 0.504 e. The van der Waals surface area contributed by atoms with Gasteiger partial charge in [-0.1, -0.05) is 0 Å². The van der Waals surface area contributed by atoms with E-state index in [1.165, 1.54) is 27.4 Å². The monoisotopic (exact) mass is 473 g/mol. The summed E-state index contributed by atoms with van der Waals surface area (Å²) >= 11 is 2.04. The number of ether oxygens (including phenoxy) is 3. The Bertz CT molecular complexity index is 789. The molecule has 0 fully saturated rings. The Labute approximate surface area is 165 Å². The lowest BCUT2D eigenvalue weighted by Crippen LogP contribution is -2.32. The summed E-state index contributed by atoms with van der Waals surface area (Å²) in [5.74, 6) is -1.64. The molecule has 1 aliphatic rings. The van der Waals surface area contributed by atoms with Crippen LogP contribution in [0.3, 0.4) is 0 Å². The van der Waals surface area contributed by atoms with E-state index in [0.717, 1.165) is 0 Å². The van der Waals surface area contributed by atoms with Gasteiger partial charge < -0.3 is 24.6 Å². The van der Waals surface area contributed by atoms with E-state index < -0.39 is 17.9 Å². The zero-order chi connectivity index (χ0) is 19.6. The molecule has 8 heteroatoms. The third-order valence-electron chi connectivity index (χ3n) is 4.18. The SMILES string of the molecule is COC(=O)C1=C(C)NC(C)=C(C(=O)OC)C1c1cc(OC)c(O)cc1I. The zero-order valence-electron chi connectivity index (χ0n) is 15.1. The molecule has 26 heavy (non-hydrogen) atoms. The highest BCUT2D eigenvalue weighted by Crippen LogP contribution is 2.43. The van der Waals surface area contributed by atoms with Crippen molar-refractivity contribution in [3.63, 3.8) is 0 Å². The number of carbonyl (C=O) groups is 2. The average molecular weight is 473 g/mol. The van der Waals surface area contributed by atoms with Crippen molar-refractivity contribution in [2.75, 3.05) is 21.3 Å². The summed E-state index contributed by atoms with van der Waals surface area (Å²) in [6.07, 6.45) is 0. The molecule has 7 nitrogen and oxygen atoms in total. The molecule has 1 heterocycles. The highest BCUT2D eigenvalue weighted by atomic mass is 127. The molecule has 2 rings (SSSR count). The molecule has 0 radical (unpaired) electrons. The van der Waals surface area contributed by atoms with Gasteiger partial charge in [0, 0.05) is 15.0 Å². The topological polar surface area (TPSA) is 94.1 Å². The van der Waals surface area contributed by atoms with Gasteiger partial charge in [0.25, 0.3) is 0 Å². The first-order chi connectivity index (χ1) is 12.3. The Morgan fingerprint density at radius 3 is 1.96 bits per heavy atom. The summed E-state index contributed by atoms with van der Waals surface area (Å²) < 4.78 is 15.7. The van der Waals surface area contributed by atoms with Crippen LogP contribution >= 0.6 is 22.6 Å². The minimum Gasteiger partial charge on any atom is -0.504 e. The molecule has 0 aliphatic carbocycles. The van der Waals surface area contributed by atoms with Crippen molar-refractivity contribution >= 4 is 34.5 Å². The van der Waals surface area contributed by atoms with Crippen molar-refractivity contribution in [3.05, 3.63) is 43.8 Å². The number of aromatic hydroxyl groups is 1. The summed E-state index contributed by atoms with van der Waals surface area (Å²) in [6, 6.07) is 3.13. The van der Waals surface area contributed by atoms with Crippen LogP contribution in [0, 0.1) is 3.57 Å². The first kappa shape index (κ1) is 20.1. The predicted octanol–water partition coefficient (Wildman–Crippen LogP) is 2.59. The van der Waals surface area contributed by atoms with Crippen LogP contribution < -0.4 is 10.1 Å². The number of phenolic OH excluding ortho intramolecular Hbond substituents is 1. The van der Waals surface area contributed by atoms with E-state index >= 15 is 0 Å². The van der Waals surface area contributed by atoms with Crippen LogP contribution in [0.5, 0.6) is 11.5 Å². The summed E-state index contributed by atoms with van der Waals surface area (Å²) in [6.45, 7) is 3.47. The van der Waals surface area contributed by atoms with E-state index in [2.05, 4.69) is 5.32 Å². The van der Waals surface area contributed by atoms with Crippen LogP contribution in [-0.4, -0.2) is 38.4 Å². The number of allylic oxidation sites excluding steroid dienone is 2. The minimum atomic E-state index is -0.724. The molecule has 0 atom stereocenters. The molecule has 0 bridgehead atoms. The maximum Gasteiger partial charge on any atom is 0.336 e. The Morgan fingerprint density at radius 2 is 1.54 bits per heavy atom. The van der Waals surface area contributed by atoms with Crippen LogP contribution in [-0.2, 0) is 19.1 Å². The van der Waals surface area contributed by atoms with Crippen molar-refractivity contribution < 1.29 is 28.9 Å². The lowest BCUT2D eigenvalue weighted by molar-refractivity contribution is -0.137. The number of esters is 2. The number of rotatable bonds is 4. The summed E-state index contributed by atoms with van der Waals surface area (Å²) in [5.41, 5.74) is 2.37. The molecular weight excluding hydrogens is 453 g/mol. The fraction of sp³-hybridized carbons (Fsp3) is 0.333. The van der Waals surface area contributed by atoms with Gasteiger partial charge in [-0.3, -0.25) is 0 Å². The number of nitrogens with one attached hydrogen (secondary N) is 1. The highest BCUT2D eigenvalue weighted by molar-refractivity contribution is 14.1. The van der Waals surface area contributed by atoms with Gasteiger partial charge in [0.1, 0.15) is 0 Å². The Morgan fingerprint density at radius 1 is 1.04 bits per heavy atom. The van der Waals surface area contributed by atoms with Gasteiger partial charge in [0.2, 0.25) is 0 Å². The first-order valence-electron chi connectivity index (χ1n) is 7.68. The standard InChI is InChI=1S/C18H20INO6/c1-8-14(17(22)25-4)16(15(9(2)20-8)18(23)26-5)10-6-13(24-3)12(21)7-11(10)19/h6-7,16,20-21H,1-5H3. The maximum absolute atomic E-state index is 12.5. The van der Waals surface area contributed by atoms with E-state index in [9.17, 15) is 14.7 Å².